The van der Waals surface area contributed by atoms with E-state index in [0.29, 0.717) is 5.56 Å². The predicted octanol–water partition coefficient (Wildman–Crippen LogP) is 5.64. The highest BCUT2D eigenvalue weighted by atomic mass is 32.2. The molecule has 4 nitrogen and oxygen atoms in total. The van der Waals surface area contributed by atoms with Gasteiger partial charge in [-0.25, -0.2) is 4.68 Å². The minimum absolute atomic E-state index is 0.110. The van der Waals surface area contributed by atoms with Crippen molar-refractivity contribution < 1.29 is 4.79 Å². The first-order chi connectivity index (χ1) is 14.1. The standard InChI is InChI=1S/C24H21N3OS/c1-15-7-10-22(16(2)11-15)27-23(20-13-29-14-21(20)26-27)25-24(28)19-9-8-17-5-3-4-6-18(17)12-19/h3-12H,13-14H2,1-2H3,(H,25,28). The third-order valence-corrected chi connectivity index (χ3v) is 6.35. The molecule has 1 N–H and O–H groups in total. The van der Waals surface area contributed by atoms with Crippen LogP contribution in [0.5, 0.6) is 0 Å². The summed E-state index contributed by atoms with van der Waals surface area (Å²) in [5, 5.41) is 10.2. The van der Waals surface area contributed by atoms with Crippen molar-refractivity contribution in [1.29, 1.82) is 0 Å². The number of fused-ring (bicyclic) bond motifs is 2. The number of thioether (sulfide) groups is 1. The van der Waals surface area contributed by atoms with E-state index >= 15 is 0 Å². The Hall–Kier alpha value is -3.05. The number of aryl methyl sites for hydroxylation is 2. The molecule has 0 unspecified atom stereocenters. The van der Waals surface area contributed by atoms with Gasteiger partial charge in [-0.3, -0.25) is 4.79 Å². The summed E-state index contributed by atoms with van der Waals surface area (Å²) in [4.78, 5) is 13.1. The number of hydrogen-bond acceptors (Lipinski definition) is 3. The quantitative estimate of drug-likeness (QED) is 0.485. The van der Waals surface area contributed by atoms with Crippen molar-refractivity contribution >= 4 is 34.3 Å². The monoisotopic (exact) mass is 399 g/mol. The summed E-state index contributed by atoms with van der Waals surface area (Å²) < 4.78 is 1.90. The normalized spacial score (nSPS) is 12.9. The molecule has 0 spiro atoms. The molecule has 3 aromatic carbocycles. The molecule has 1 aliphatic heterocycles. The maximum Gasteiger partial charge on any atom is 0.256 e. The van der Waals surface area contributed by atoms with Crippen molar-refractivity contribution in [2.45, 2.75) is 25.4 Å². The van der Waals surface area contributed by atoms with Gasteiger partial charge in [-0.05, 0) is 48.4 Å². The van der Waals surface area contributed by atoms with Crippen molar-refractivity contribution in [3.8, 4) is 5.69 Å². The molecular formula is C24H21N3OS. The first-order valence-corrected chi connectivity index (χ1v) is 10.8. The molecule has 0 saturated carbocycles. The van der Waals surface area contributed by atoms with Gasteiger partial charge in [-0.2, -0.15) is 16.9 Å². The van der Waals surface area contributed by atoms with Gasteiger partial charge in [0, 0.05) is 22.6 Å². The fourth-order valence-electron chi connectivity index (χ4n) is 3.87. The number of nitrogens with one attached hydrogen (secondary N) is 1. The topological polar surface area (TPSA) is 46.9 Å². The smallest absolute Gasteiger partial charge is 0.256 e. The van der Waals surface area contributed by atoms with Gasteiger partial charge in [0.05, 0.1) is 11.4 Å². The molecule has 144 valence electrons. The maximum absolute atomic E-state index is 13.1. The third kappa shape index (κ3) is 3.21. The fraction of sp³-hybridized carbons (Fsp3) is 0.167. The van der Waals surface area contributed by atoms with E-state index in [2.05, 4.69) is 43.4 Å². The van der Waals surface area contributed by atoms with Gasteiger partial charge in [0.2, 0.25) is 0 Å². The number of anilines is 1. The minimum Gasteiger partial charge on any atom is -0.306 e. The zero-order valence-corrected chi connectivity index (χ0v) is 17.2. The molecule has 2 heterocycles. The van der Waals surface area contributed by atoms with Crippen LogP contribution < -0.4 is 5.32 Å². The summed E-state index contributed by atoms with van der Waals surface area (Å²) in [5.41, 5.74) is 6.19. The lowest BCUT2D eigenvalue weighted by molar-refractivity contribution is 0.102. The number of amides is 1. The lowest BCUT2D eigenvalue weighted by Gasteiger charge is -2.14. The molecule has 0 fully saturated rings. The fourth-order valence-corrected chi connectivity index (χ4v) is 4.90. The Labute approximate surface area is 173 Å². The van der Waals surface area contributed by atoms with Crippen molar-refractivity contribution in [1.82, 2.24) is 9.78 Å². The first-order valence-electron chi connectivity index (χ1n) is 9.66. The highest BCUT2D eigenvalue weighted by molar-refractivity contribution is 7.98. The van der Waals surface area contributed by atoms with Gasteiger partial charge >= 0.3 is 0 Å². The van der Waals surface area contributed by atoms with Gasteiger partial charge in [-0.1, -0.05) is 48.0 Å². The maximum atomic E-state index is 13.1. The molecular weight excluding hydrogens is 378 g/mol. The zero-order valence-electron chi connectivity index (χ0n) is 16.4. The summed E-state index contributed by atoms with van der Waals surface area (Å²) in [6.45, 7) is 4.16. The largest absolute Gasteiger partial charge is 0.306 e. The second-order valence-electron chi connectivity index (χ2n) is 7.48. The average Bonchev–Trinajstić information content (AvgIpc) is 3.30. The molecule has 1 aromatic heterocycles. The van der Waals surface area contributed by atoms with E-state index in [0.717, 1.165) is 50.6 Å². The number of hydrogen-bond donors (Lipinski definition) is 1. The Balaban J connectivity index is 1.55. The lowest BCUT2D eigenvalue weighted by Crippen LogP contribution is -2.16. The van der Waals surface area contributed by atoms with E-state index in [1.54, 1.807) is 0 Å². The zero-order chi connectivity index (χ0) is 20.0. The molecule has 5 heteroatoms. The predicted molar refractivity (Wildman–Crippen MR) is 120 cm³/mol. The van der Waals surface area contributed by atoms with Crippen LogP contribution in [-0.4, -0.2) is 15.7 Å². The molecule has 29 heavy (non-hydrogen) atoms. The molecule has 4 aromatic rings. The van der Waals surface area contributed by atoms with Crippen molar-refractivity contribution in [3.05, 3.63) is 88.6 Å². The van der Waals surface area contributed by atoms with Crippen LogP contribution in [-0.2, 0) is 11.5 Å². The van der Waals surface area contributed by atoms with Gasteiger partial charge in [-0.15, -0.1) is 0 Å². The summed E-state index contributed by atoms with van der Waals surface area (Å²) in [6.07, 6.45) is 0. The molecule has 0 bridgehead atoms. The number of aromatic nitrogens is 2. The second kappa shape index (κ2) is 7.08. The van der Waals surface area contributed by atoms with E-state index in [1.807, 2.05) is 52.8 Å². The van der Waals surface area contributed by atoms with Crippen LogP contribution in [0, 0.1) is 13.8 Å². The number of rotatable bonds is 3. The van der Waals surface area contributed by atoms with Crippen LogP contribution in [0.4, 0.5) is 5.82 Å². The minimum atomic E-state index is -0.110. The van der Waals surface area contributed by atoms with Crippen molar-refractivity contribution in [2.24, 2.45) is 0 Å². The van der Waals surface area contributed by atoms with Gasteiger partial charge < -0.3 is 5.32 Å². The number of benzene rings is 3. The molecule has 0 radical (unpaired) electrons. The van der Waals surface area contributed by atoms with Crippen LogP contribution in [0.2, 0.25) is 0 Å². The number of carbonyl (C=O) groups is 1. The van der Waals surface area contributed by atoms with Crippen molar-refractivity contribution in [2.75, 3.05) is 5.32 Å². The van der Waals surface area contributed by atoms with E-state index in [1.165, 1.54) is 5.56 Å². The molecule has 0 aliphatic carbocycles. The van der Waals surface area contributed by atoms with Gasteiger partial charge in [0.1, 0.15) is 5.82 Å². The van der Waals surface area contributed by atoms with Crippen LogP contribution >= 0.6 is 11.8 Å². The molecule has 1 amide bonds. The lowest BCUT2D eigenvalue weighted by atomic mass is 10.1. The molecule has 0 atom stereocenters. The Bertz CT molecular complexity index is 1260. The van der Waals surface area contributed by atoms with E-state index in [4.69, 9.17) is 5.10 Å². The average molecular weight is 400 g/mol. The third-order valence-electron chi connectivity index (χ3n) is 5.38. The number of nitrogens with zero attached hydrogens (tertiary/aromatic N) is 2. The molecule has 1 aliphatic rings. The Morgan fingerprint density at radius 3 is 2.66 bits per heavy atom. The number of carbonyl (C=O) groups excluding carboxylic acids is 1. The van der Waals surface area contributed by atoms with Gasteiger partial charge in [0.25, 0.3) is 5.91 Å². The van der Waals surface area contributed by atoms with Crippen LogP contribution in [0.3, 0.4) is 0 Å². The highest BCUT2D eigenvalue weighted by Gasteiger charge is 2.25. The Kier molecular flexibility index (Phi) is 4.40. The van der Waals surface area contributed by atoms with E-state index < -0.39 is 0 Å². The summed E-state index contributed by atoms with van der Waals surface area (Å²) >= 11 is 1.83. The second-order valence-corrected chi connectivity index (χ2v) is 8.47. The Morgan fingerprint density at radius 2 is 1.83 bits per heavy atom. The Morgan fingerprint density at radius 1 is 1.00 bits per heavy atom. The molecule has 0 saturated heterocycles. The van der Waals surface area contributed by atoms with Crippen LogP contribution in [0.1, 0.15) is 32.7 Å². The first kappa shape index (κ1) is 18.0. The molecule has 5 rings (SSSR count). The van der Waals surface area contributed by atoms with E-state index in [9.17, 15) is 4.79 Å². The van der Waals surface area contributed by atoms with E-state index in [-0.39, 0.29) is 5.91 Å². The summed E-state index contributed by atoms with van der Waals surface area (Å²) in [5.74, 6) is 2.43. The van der Waals surface area contributed by atoms with Gasteiger partial charge in [0.15, 0.2) is 0 Å². The SMILES string of the molecule is Cc1ccc(-n2nc3c(c2NC(=O)c2ccc4ccccc4c2)CSC3)c(C)c1. The summed E-state index contributed by atoms with van der Waals surface area (Å²) in [7, 11) is 0. The van der Waals surface area contributed by atoms with Crippen LogP contribution in [0.15, 0.2) is 60.7 Å². The highest BCUT2D eigenvalue weighted by Crippen LogP contribution is 2.37. The van der Waals surface area contributed by atoms with Crippen molar-refractivity contribution in [3.63, 3.8) is 0 Å². The summed E-state index contributed by atoms with van der Waals surface area (Å²) in [6, 6.07) is 20.2. The van der Waals surface area contributed by atoms with Crippen LogP contribution in [0.25, 0.3) is 16.5 Å².